The maximum atomic E-state index is 12.0. The molecule has 0 spiro atoms. The van der Waals surface area contributed by atoms with Crippen LogP contribution in [0.1, 0.15) is 6.92 Å². The molecule has 0 saturated carbocycles. The maximum Gasteiger partial charge on any atom is 0.284 e. The summed E-state index contributed by atoms with van der Waals surface area (Å²) in [6, 6.07) is 7.97. The third kappa shape index (κ3) is 2.56. The van der Waals surface area contributed by atoms with Gasteiger partial charge in [0.25, 0.3) is 10.0 Å². The van der Waals surface area contributed by atoms with Crippen LogP contribution in [0.25, 0.3) is 0 Å². The van der Waals surface area contributed by atoms with Crippen molar-refractivity contribution in [3.63, 3.8) is 0 Å². The first kappa shape index (κ1) is 13.1. The van der Waals surface area contributed by atoms with E-state index in [9.17, 15) is 13.2 Å². The molecule has 0 radical (unpaired) electrons. The van der Waals surface area contributed by atoms with Crippen LogP contribution in [0, 0.1) is 0 Å². The van der Waals surface area contributed by atoms with E-state index in [1.54, 1.807) is 25.1 Å². The molecule has 18 heavy (non-hydrogen) atoms. The normalized spacial score (nSPS) is 18.6. The summed E-state index contributed by atoms with van der Waals surface area (Å²) < 4.78 is 27.8. The van der Waals surface area contributed by atoms with Gasteiger partial charge in [-0.3, -0.25) is 9.69 Å². The topological polar surface area (TPSA) is 66.8 Å². The van der Waals surface area contributed by atoms with Crippen LogP contribution in [0.3, 0.4) is 0 Å². The second-order valence-electron chi connectivity index (χ2n) is 3.59. The molecule has 5 nitrogen and oxygen atoms in total. The number of sulfonamides is 1. The number of hydrogen-bond acceptors (Lipinski definition) is 4. The first-order valence-corrected chi connectivity index (χ1v) is 7.80. The lowest BCUT2D eigenvalue weighted by Gasteiger charge is -2.12. The van der Waals surface area contributed by atoms with E-state index in [1.165, 1.54) is 17.0 Å². The monoisotopic (exact) mass is 284 g/mol. The van der Waals surface area contributed by atoms with E-state index >= 15 is 0 Å². The summed E-state index contributed by atoms with van der Waals surface area (Å²) in [5, 5.41) is 0.256. The Morgan fingerprint density at radius 1 is 1.33 bits per heavy atom. The third-order valence-corrected chi connectivity index (χ3v) is 4.77. The van der Waals surface area contributed by atoms with Gasteiger partial charge in [0, 0.05) is 6.54 Å². The van der Waals surface area contributed by atoms with E-state index < -0.39 is 10.0 Å². The predicted molar refractivity (Wildman–Crippen MR) is 70.9 cm³/mol. The van der Waals surface area contributed by atoms with Crippen molar-refractivity contribution in [2.75, 3.05) is 12.3 Å². The van der Waals surface area contributed by atoms with Gasteiger partial charge < -0.3 is 0 Å². The van der Waals surface area contributed by atoms with E-state index in [2.05, 4.69) is 4.40 Å². The van der Waals surface area contributed by atoms with Gasteiger partial charge >= 0.3 is 0 Å². The number of carbonyl (C=O) groups is 1. The molecule has 1 saturated heterocycles. The summed E-state index contributed by atoms with van der Waals surface area (Å²) in [7, 11) is -3.74. The average Bonchev–Trinajstić information content (AvgIpc) is 2.70. The molecule has 0 atom stereocenters. The SMILES string of the molecule is CCN1C(=O)CS/C1=N\S(=O)(=O)c1ccccc1. The minimum atomic E-state index is -3.74. The molecule has 1 aromatic carbocycles. The zero-order chi connectivity index (χ0) is 13.2. The highest BCUT2D eigenvalue weighted by Crippen LogP contribution is 2.22. The van der Waals surface area contributed by atoms with Gasteiger partial charge in [-0.1, -0.05) is 30.0 Å². The smallest absolute Gasteiger partial charge is 0.284 e. The molecule has 1 aromatic rings. The van der Waals surface area contributed by atoms with Crippen LogP contribution in [0.4, 0.5) is 0 Å². The van der Waals surface area contributed by atoms with Gasteiger partial charge in [-0.25, -0.2) is 0 Å². The second kappa shape index (κ2) is 5.11. The fourth-order valence-corrected chi connectivity index (χ4v) is 3.74. The second-order valence-corrected chi connectivity index (χ2v) is 6.14. The van der Waals surface area contributed by atoms with Crippen molar-refractivity contribution >= 4 is 32.9 Å². The number of amides is 1. The minimum Gasteiger partial charge on any atom is -0.290 e. The van der Waals surface area contributed by atoms with E-state index in [4.69, 9.17) is 0 Å². The van der Waals surface area contributed by atoms with Crippen LogP contribution in [0.15, 0.2) is 39.6 Å². The van der Waals surface area contributed by atoms with Crippen LogP contribution in [0.2, 0.25) is 0 Å². The lowest BCUT2D eigenvalue weighted by Crippen LogP contribution is -2.29. The molecule has 1 amide bonds. The Morgan fingerprint density at radius 3 is 2.61 bits per heavy atom. The van der Waals surface area contributed by atoms with Crippen LogP contribution in [0.5, 0.6) is 0 Å². The fourth-order valence-electron chi connectivity index (χ4n) is 1.52. The average molecular weight is 284 g/mol. The Hall–Kier alpha value is -1.34. The van der Waals surface area contributed by atoms with Crippen molar-refractivity contribution in [3.8, 4) is 0 Å². The summed E-state index contributed by atoms with van der Waals surface area (Å²) in [5.74, 6) is 0.140. The number of rotatable bonds is 3. The summed E-state index contributed by atoms with van der Waals surface area (Å²) in [6.07, 6.45) is 0. The Labute approximate surface area is 110 Å². The van der Waals surface area contributed by atoms with Crippen molar-refractivity contribution < 1.29 is 13.2 Å². The molecule has 0 N–H and O–H groups in total. The largest absolute Gasteiger partial charge is 0.290 e. The van der Waals surface area contributed by atoms with Crippen molar-refractivity contribution in [3.05, 3.63) is 30.3 Å². The van der Waals surface area contributed by atoms with Crippen LogP contribution in [-0.4, -0.2) is 36.7 Å². The number of amidine groups is 1. The highest BCUT2D eigenvalue weighted by atomic mass is 32.2. The molecule has 2 rings (SSSR count). The van der Waals surface area contributed by atoms with Crippen LogP contribution >= 0.6 is 11.8 Å². The summed E-state index contributed by atoms with van der Waals surface area (Å²) in [5.41, 5.74) is 0. The fraction of sp³-hybridized carbons (Fsp3) is 0.273. The number of thioether (sulfide) groups is 1. The lowest BCUT2D eigenvalue weighted by molar-refractivity contribution is -0.123. The van der Waals surface area contributed by atoms with Gasteiger partial charge in [-0.05, 0) is 19.1 Å². The molecular formula is C11H12N2O3S2. The first-order chi connectivity index (χ1) is 8.54. The first-order valence-electron chi connectivity index (χ1n) is 5.38. The van der Waals surface area contributed by atoms with Crippen molar-refractivity contribution in [1.29, 1.82) is 0 Å². The Kier molecular flexibility index (Phi) is 3.72. The Balaban J connectivity index is 2.36. The lowest BCUT2D eigenvalue weighted by atomic mass is 10.4. The summed E-state index contributed by atoms with van der Waals surface area (Å²) in [6.45, 7) is 2.21. The zero-order valence-corrected chi connectivity index (χ0v) is 11.4. The van der Waals surface area contributed by atoms with E-state index in [-0.39, 0.29) is 21.7 Å². The highest BCUT2D eigenvalue weighted by molar-refractivity contribution is 8.15. The number of carbonyl (C=O) groups excluding carboxylic acids is 1. The molecule has 7 heteroatoms. The van der Waals surface area contributed by atoms with Crippen molar-refractivity contribution in [2.24, 2.45) is 4.40 Å². The number of nitrogens with zero attached hydrogens (tertiary/aromatic N) is 2. The van der Waals surface area contributed by atoms with E-state index in [0.29, 0.717) is 6.54 Å². The molecule has 1 aliphatic rings. The van der Waals surface area contributed by atoms with Gasteiger partial charge in [0.1, 0.15) is 0 Å². The predicted octanol–water partition coefficient (Wildman–Crippen LogP) is 1.33. The minimum absolute atomic E-state index is 0.107. The van der Waals surface area contributed by atoms with Crippen LogP contribution < -0.4 is 0 Å². The molecule has 0 aromatic heterocycles. The molecule has 0 unspecified atom stereocenters. The number of hydrogen-bond donors (Lipinski definition) is 0. The van der Waals surface area contributed by atoms with Gasteiger partial charge in [-0.15, -0.1) is 4.40 Å². The van der Waals surface area contributed by atoms with Crippen molar-refractivity contribution in [1.82, 2.24) is 4.90 Å². The number of benzene rings is 1. The molecule has 96 valence electrons. The third-order valence-electron chi connectivity index (χ3n) is 2.41. The quantitative estimate of drug-likeness (QED) is 0.839. The standard InChI is InChI=1S/C11H12N2O3S2/c1-2-13-10(14)8-17-11(13)12-18(15,16)9-6-4-3-5-7-9/h3-7H,2,8H2,1H3/b12-11-. The van der Waals surface area contributed by atoms with E-state index in [1.807, 2.05) is 0 Å². The van der Waals surface area contributed by atoms with E-state index in [0.717, 1.165) is 11.8 Å². The van der Waals surface area contributed by atoms with Gasteiger partial charge in [0.05, 0.1) is 10.6 Å². The molecule has 1 aliphatic heterocycles. The van der Waals surface area contributed by atoms with Crippen molar-refractivity contribution in [2.45, 2.75) is 11.8 Å². The molecule has 0 aliphatic carbocycles. The zero-order valence-electron chi connectivity index (χ0n) is 9.74. The molecular weight excluding hydrogens is 272 g/mol. The maximum absolute atomic E-state index is 12.0. The molecule has 0 bridgehead atoms. The Bertz CT molecular complexity index is 582. The Morgan fingerprint density at radius 2 is 2.00 bits per heavy atom. The summed E-state index contributed by atoms with van der Waals surface area (Å²) >= 11 is 1.15. The van der Waals surface area contributed by atoms with Gasteiger partial charge in [0.2, 0.25) is 5.91 Å². The molecule has 1 heterocycles. The summed E-state index contributed by atoms with van der Waals surface area (Å²) in [4.78, 5) is 13.0. The van der Waals surface area contributed by atoms with Gasteiger partial charge in [-0.2, -0.15) is 8.42 Å². The molecule has 1 fully saturated rings. The van der Waals surface area contributed by atoms with Crippen LogP contribution in [-0.2, 0) is 14.8 Å². The van der Waals surface area contributed by atoms with Gasteiger partial charge in [0.15, 0.2) is 5.17 Å². The highest BCUT2D eigenvalue weighted by Gasteiger charge is 2.28.